The number of hydrogen-bond donors (Lipinski definition) is 2. The molecule has 2 unspecified atom stereocenters. The minimum absolute atomic E-state index is 0.0103. The second-order valence-electron chi connectivity index (χ2n) is 5.35. The standard InChI is InChI=1S/C13H27NO/c1-11(2)10-14-9-5-7-12-6-3-4-8-13(12)15/h11-15H,3-10H2,1-2H3. The van der Waals surface area contributed by atoms with E-state index < -0.39 is 0 Å². The van der Waals surface area contributed by atoms with Gasteiger partial charge in [0.1, 0.15) is 0 Å². The zero-order chi connectivity index (χ0) is 11.1. The van der Waals surface area contributed by atoms with Crippen molar-refractivity contribution < 1.29 is 5.11 Å². The molecule has 0 radical (unpaired) electrons. The maximum atomic E-state index is 9.79. The van der Waals surface area contributed by atoms with Crippen molar-refractivity contribution in [1.29, 1.82) is 0 Å². The highest BCUT2D eigenvalue weighted by atomic mass is 16.3. The molecule has 1 fully saturated rings. The molecule has 1 aliphatic carbocycles. The number of aliphatic hydroxyl groups is 1. The van der Waals surface area contributed by atoms with Gasteiger partial charge in [0.15, 0.2) is 0 Å². The van der Waals surface area contributed by atoms with Crippen LogP contribution in [0.25, 0.3) is 0 Å². The molecule has 1 saturated carbocycles. The summed E-state index contributed by atoms with van der Waals surface area (Å²) in [6.07, 6.45) is 7.23. The summed E-state index contributed by atoms with van der Waals surface area (Å²) in [6, 6.07) is 0. The zero-order valence-corrected chi connectivity index (χ0v) is 10.3. The summed E-state index contributed by atoms with van der Waals surface area (Å²) in [6.45, 7) is 6.70. The molecule has 1 aliphatic rings. The van der Waals surface area contributed by atoms with Crippen molar-refractivity contribution in [3.05, 3.63) is 0 Å². The normalized spacial score (nSPS) is 27.2. The Morgan fingerprint density at radius 1 is 1.27 bits per heavy atom. The highest BCUT2D eigenvalue weighted by Crippen LogP contribution is 2.27. The molecule has 0 bridgehead atoms. The van der Waals surface area contributed by atoms with Gasteiger partial charge >= 0.3 is 0 Å². The fourth-order valence-corrected chi connectivity index (χ4v) is 2.40. The molecule has 0 spiro atoms. The summed E-state index contributed by atoms with van der Waals surface area (Å²) in [7, 11) is 0. The average molecular weight is 213 g/mol. The highest BCUT2D eigenvalue weighted by Gasteiger charge is 2.21. The third-order valence-corrected chi connectivity index (χ3v) is 3.35. The van der Waals surface area contributed by atoms with Gasteiger partial charge in [0.05, 0.1) is 6.10 Å². The lowest BCUT2D eigenvalue weighted by atomic mass is 9.83. The quantitative estimate of drug-likeness (QED) is 0.665. The molecule has 2 N–H and O–H groups in total. The SMILES string of the molecule is CC(C)CNCCCC1CCCCC1O. The van der Waals surface area contributed by atoms with E-state index in [1.807, 2.05) is 0 Å². The van der Waals surface area contributed by atoms with E-state index in [2.05, 4.69) is 19.2 Å². The van der Waals surface area contributed by atoms with E-state index in [1.54, 1.807) is 0 Å². The lowest BCUT2D eigenvalue weighted by Crippen LogP contribution is -2.26. The van der Waals surface area contributed by atoms with E-state index in [-0.39, 0.29) is 6.10 Å². The van der Waals surface area contributed by atoms with Crippen LogP contribution in [0.4, 0.5) is 0 Å². The van der Waals surface area contributed by atoms with Gasteiger partial charge < -0.3 is 10.4 Å². The molecule has 0 aliphatic heterocycles. The summed E-state index contributed by atoms with van der Waals surface area (Å²) in [5.74, 6) is 1.32. The Kier molecular flexibility index (Phi) is 6.26. The second-order valence-corrected chi connectivity index (χ2v) is 5.35. The Hall–Kier alpha value is -0.0800. The van der Waals surface area contributed by atoms with Crippen LogP contribution in [-0.2, 0) is 0 Å². The summed E-state index contributed by atoms with van der Waals surface area (Å²) >= 11 is 0. The molecular weight excluding hydrogens is 186 g/mol. The second kappa shape index (κ2) is 7.24. The molecule has 2 heteroatoms. The van der Waals surface area contributed by atoms with Gasteiger partial charge in [-0.25, -0.2) is 0 Å². The monoisotopic (exact) mass is 213 g/mol. The molecule has 0 heterocycles. The van der Waals surface area contributed by atoms with Gasteiger partial charge in [-0.15, -0.1) is 0 Å². The third kappa shape index (κ3) is 5.53. The van der Waals surface area contributed by atoms with Crippen molar-refractivity contribution in [2.75, 3.05) is 13.1 Å². The topological polar surface area (TPSA) is 32.3 Å². The Morgan fingerprint density at radius 2 is 2.00 bits per heavy atom. The number of aliphatic hydroxyl groups excluding tert-OH is 1. The van der Waals surface area contributed by atoms with Gasteiger partial charge in [-0.2, -0.15) is 0 Å². The minimum Gasteiger partial charge on any atom is -0.393 e. The fraction of sp³-hybridized carbons (Fsp3) is 1.00. The lowest BCUT2D eigenvalue weighted by Gasteiger charge is -2.27. The van der Waals surface area contributed by atoms with Crippen molar-refractivity contribution in [3.8, 4) is 0 Å². The minimum atomic E-state index is -0.0103. The van der Waals surface area contributed by atoms with Crippen LogP contribution in [0.1, 0.15) is 52.4 Å². The maximum Gasteiger partial charge on any atom is 0.0568 e. The summed E-state index contributed by atoms with van der Waals surface area (Å²) in [5, 5.41) is 13.3. The van der Waals surface area contributed by atoms with Crippen LogP contribution in [0, 0.1) is 11.8 Å². The van der Waals surface area contributed by atoms with E-state index in [9.17, 15) is 5.11 Å². The molecule has 2 atom stereocenters. The summed E-state index contributed by atoms with van der Waals surface area (Å²) in [4.78, 5) is 0. The largest absolute Gasteiger partial charge is 0.393 e. The van der Waals surface area contributed by atoms with Crippen LogP contribution >= 0.6 is 0 Å². The highest BCUT2D eigenvalue weighted by molar-refractivity contribution is 4.74. The van der Waals surface area contributed by atoms with Crippen LogP contribution in [-0.4, -0.2) is 24.3 Å². The van der Waals surface area contributed by atoms with Gasteiger partial charge in [0.25, 0.3) is 0 Å². The summed E-state index contributed by atoms with van der Waals surface area (Å²) < 4.78 is 0. The molecule has 15 heavy (non-hydrogen) atoms. The Morgan fingerprint density at radius 3 is 2.67 bits per heavy atom. The summed E-state index contributed by atoms with van der Waals surface area (Å²) in [5.41, 5.74) is 0. The van der Waals surface area contributed by atoms with E-state index in [0.717, 1.165) is 25.4 Å². The van der Waals surface area contributed by atoms with E-state index in [0.29, 0.717) is 5.92 Å². The van der Waals surface area contributed by atoms with Crippen LogP contribution in [0.2, 0.25) is 0 Å². The predicted octanol–water partition coefficient (Wildman–Crippen LogP) is 2.56. The van der Waals surface area contributed by atoms with Crippen LogP contribution in [0.15, 0.2) is 0 Å². The molecule has 0 saturated heterocycles. The van der Waals surface area contributed by atoms with E-state index in [4.69, 9.17) is 0 Å². The first-order valence-electron chi connectivity index (χ1n) is 6.59. The molecule has 0 aromatic rings. The predicted molar refractivity (Wildman–Crippen MR) is 64.9 cm³/mol. The Labute approximate surface area is 94.5 Å². The van der Waals surface area contributed by atoms with E-state index in [1.165, 1.54) is 32.1 Å². The molecule has 0 aromatic carbocycles. The fourth-order valence-electron chi connectivity index (χ4n) is 2.40. The number of hydrogen-bond acceptors (Lipinski definition) is 2. The first-order valence-corrected chi connectivity index (χ1v) is 6.59. The van der Waals surface area contributed by atoms with Crippen molar-refractivity contribution >= 4 is 0 Å². The molecule has 1 rings (SSSR count). The van der Waals surface area contributed by atoms with Crippen molar-refractivity contribution in [2.24, 2.45) is 11.8 Å². The molecule has 2 nitrogen and oxygen atoms in total. The molecule has 90 valence electrons. The Bertz CT molecular complexity index is 159. The first-order chi connectivity index (χ1) is 7.20. The molecule has 0 aromatic heterocycles. The molecular formula is C13H27NO. The average Bonchev–Trinajstić information content (AvgIpc) is 2.20. The van der Waals surface area contributed by atoms with Crippen molar-refractivity contribution in [2.45, 2.75) is 58.5 Å². The number of nitrogens with one attached hydrogen (secondary N) is 1. The smallest absolute Gasteiger partial charge is 0.0568 e. The van der Waals surface area contributed by atoms with Crippen molar-refractivity contribution in [3.63, 3.8) is 0 Å². The van der Waals surface area contributed by atoms with Gasteiger partial charge in [-0.05, 0) is 50.6 Å². The Balaban J connectivity index is 1.99. The van der Waals surface area contributed by atoms with Gasteiger partial charge in [-0.3, -0.25) is 0 Å². The van der Waals surface area contributed by atoms with Crippen LogP contribution < -0.4 is 5.32 Å². The number of rotatable bonds is 6. The van der Waals surface area contributed by atoms with Crippen LogP contribution in [0.5, 0.6) is 0 Å². The zero-order valence-electron chi connectivity index (χ0n) is 10.3. The first kappa shape index (κ1) is 13.0. The van der Waals surface area contributed by atoms with Crippen molar-refractivity contribution in [1.82, 2.24) is 5.32 Å². The van der Waals surface area contributed by atoms with Gasteiger partial charge in [0.2, 0.25) is 0 Å². The lowest BCUT2D eigenvalue weighted by molar-refractivity contribution is 0.0643. The third-order valence-electron chi connectivity index (χ3n) is 3.35. The van der Waals surface area contributed by atoms with E-state index >= 15 is 0 Å². The van der Waals surface area contributed by atoms with Crippen LogP contribution in [0.3, 0.4) is 0 Å². The maximum absolute atomic E-state index is 9.79. The van der Waals surface area contributed by atoms with Gasteiger partial charge in [0, 0.05) is 0 Å². The molecule has 0 amide bonds. The van der Waals surface area contributed by atoms with Gasteiger partial charge in [-0.1, -0.05) is 26.7 Å².